The molecule has 0 unspecified atom stereocenters. The van der Waals surface area contributed by atoms with Crippen molar-refractivity contribution in [3.8, 4) is 0 Å². The Morgan fingerprint density at radius 1 is 1.39 bits per heavy atom. The van der Waals surface area contributed by atoms with E-state index in [1.807, 2.05) is 18.2 Å². The third kappa shape index (κ3) is 6.07. The molecule has 2 N–H and O–H groups in total. The van der Waals surface area contributed by atoms with Crippen LogP contribution < -0.4 is 10.6 Å². The first-order valence-electron chi connectivity index (χ1n) is 5.45. The van der Waals surface area contributed by atoms with Crippen molar-refractivity contribution in [2.24, 2.45) is 0 Å². The van der Waals surface area contributed by atoms with Crippen molar-refractivity contribution >= 4 is 39.6 Å². The molecule has 3 amide bonds. The van der Waals surface area contributed by atoms with E-state index in [0.717, 1.165) is 10.2 Å². The molecule has 1 rings (SSSR count). The zero-order valence-electron chi connectivity index (χ0n) is 10.0. The van der Waals surface area contributed by atoms with Gasteiger partial charge in [-0.25, -0.2) is 4.79 Å². The molecule has 98 valence electrons. The Kier molecular flexibility index (Phi) is 6.82. The Morgan fingerprint density at radius 3 is 2.83 bits per heavy atom. The second kappa shape index (κ2) is 8.16. The molecule has 0 saturated heterocycles. The van der Waals surface area contributed by atoms with Gasteiger partial charge < -0.3 is 5.32 Å². The number of thioether (sulfide) groups is 1. The van der Waals surface area contributed by atoms with Crippen LogP contribution in [0.2, 0.25) is 0 Å². The quantitative estimate of drug-likeness (QED) is 0.815. The largest absolute Gasteiger partial charge is 0.341 e. The second-order valence-corrected chi connectivity index (χ2v) is 5.58. The van der Waals surface area contributed by atoms with E-state index in [2.05, 4.69) is 32.6 Å². The topological polar surface area (TPSA) is 58.2 Å². The van der Waals surface area contributed by atoms with Gasteiger partial charge in [-0.2, -0.15) is 11.8 Å². The predicted octanol–water partition coefficient (Wildman–Crippen LogP) is 2.53. The Bertz CT molecular complexity index is 426. The Balaban J connectivity index is 2.19. The van der Waals surface area contributed by atoms with Gasteiger partial charge in [0.25, 0.3) is 0 Å². The van der Waals surface area contributed by atoms with Gasteiger partial charge in [0.2, 0.25) is 5.91 Å². The third-order valence-corrected chi connectivity index (χ3v) is 3.63. The molecule has 0 radical (unpaired) electrons. The van der Waals surface area contributed by atoms with Gasteiger partial charge in [0.05, 0.1) is 0 Å². The predicted molar refractivity (Wildman–Crippen MR) is 77.5 cm³/mol. The minimum absolute atomic E-state index is 0.254. The lowest BCUT2D eigenvalue weighted by Crippen LogP contribution is -2.37. The number of nitrogens with one attached hydrogen (secondary N) is 2. The number of halogens is 1. The molecule has 0 heterocycles. The van der Waals surface area contributed by atoms with Gasteiger partial charge in [-0.3, -0.25) is 10.1 Å². The standard InChI is InChI=1S/C12H15BrN2O2S/c1-14-12(17)15-11(16)5-6-18-8-9-3-2-4-10(13)7-9/h2-4,7H,5-6,8H2,1H3,(H2,14,15,16,17). The monoisotopic (exact) mass is 330 g/mol. The van der Waals surface area contributed by atoms with Crippen LogP contribution in [0, 0.1) is 0 Å². The summed E-state index contributed by atoms with van der Waals surface area (Å²) < 4.78 is 1.05. The SMILES string of the molecule is CNC(=O)NC(=O)CCSCc1cccc(Br)c1. The molecular weight excluding hydrogens is 316 g/mol. The number of carbonyl (C=O) groups excluding carboxylic acids is 2. The highest BCUT2D eigenvalue weighted by Crippen LogP contribution is 2.17. The molecule has 1 aromatic carbocycles. The van der Waals surface area contributed by atoms with Crippen LogP contribution in [0.15, 0.2) is 28.7 Å². The minimum Gasteiger partial charge on any atom is -0.341 e. The molecule has 1 aromatic rings. The smallest absolute Gasteiger partial charge is 0.321 e. The zero-order valence-corrected chi connectivity index (χ0v) is 12.4. The first-order chi connectivity index (χ1) is 8.61. The molecule has 0 atom stereocenters. The molecule has 4 nitrogen and oxygen atoms in total. The maximum absolute atomic E-state index is 11.3. The molecule has 0 aliphatic rings. The van der Waals surface area contributed by atoms with Gasteiger partial charge in [0.15, 0.2) is 0 Å². The van der Waals surface area contributed by atoms with Crippen LogP contribution in [0.3, 0.4) is 0 Å². The van der Waals surface area contributed by atoms with Crippen LogP contribution in [0.25, 0.3) is 0 Å². The lowest BCUT2D eigenvalue weighted by Gasteiger charge is -2.04. The number of carbonyl (C=O) groups is 2. The average molecular weight is 331 g/mol. The summed E-state index contributed by atoms with van der Waals surface area (Å²) in [6.07, 6.45) is 0.339. The fourth-order valence-corrected chi connectivity index (χ4v) is 2.57. The van der Waals surface area contributed by atoms with Crippen LogP contribution in [-0.4, -0.2) is 24.7 Å². The van der Waals surface area contributed by atoms with Gasteiger partial charge in [0, 0.05) is 29.4 Å². The van der Waals surface area contributed by atoms with Crippen LogP contribution in [0.1, 0.15) is 12.0 Å². The zero-order chi connectivity index (χ0) is 13.4. The number of urea groups is 1. The van der Waals surface area contributed by atoms with Crippen molar-refractivity contribution in [3.05, 3.63) is 34.3 Å². The first-order valence-corrected chi connectivity index (χ1v) is 7.40. The first kappa shape index (κ1) is 15.0. The van der Waals surface area contributed by atoms with Gasteiger partial charge in [-0.15, -0.1) is 0 Å². The average Bonchev–Trinajstić information content (AvgIpc) is 2.34. The summed E-state index contributed by atoms with van der Waals surface area (Å²) in [4.78, 5) is 22.1. The van der Waals surface area contributed by atoms with Crippen molar-refractivity contribution in [1.82, 2.24) is 10.6 Å². The van der Waals surface area contributed by atoms with E-state index in [4.69, 9.17) is 0 Å². The third-order valence-electron chi connectivity index (χ3n) is 2.11. The van der Waals surface area contributed by atoms with E-state index in [1.54, 1.807) is 11.8 Å². The number of imide groups is 1. The van der Waals surface area contributed by atoms with Crippen molar-refractivity contribution in [2.75, 3.05) is 12.8 Å². The fraction of sp³-hybridized carbons (Fsp3) is 0.333. The van der Waals surface area contributed by atoms with E-state index in [-0.39, 0.29) is 5.91 Å². The Morgan fingerprint density at radius 2 is 2.17 bits per heavy atom. The van der Waals surface area contributed by atoms with Crippen LogP contribution in [0.4, 0.5) is 4.79 Å². The summed E-state index contributed by atoms with van der Waals surface area (Å²) in [5.74, 6) is 1.29. The van der Waals surface area contributed by atoms with E-state index >= 15 is 0 Å². The second-order valence-electron chi connectivity index (χ2n) is 3.56. The summed E-state index contributed by atoms with van der Waals surface area (Å²) in [5, 5.41) is 4.56. The molecule has 0 aliphatic heterocycles. The highest BCUT2D eigenvalue weighted by Gasteiger charge is 2.05. The molecule has 6 heteroatoms. The summed E-state index contributed by atoms with van der Waals surface area (Å²) in [6.45, 7) is 0. The van der Waals surface area contributed by atoms with Crippen LogP contribution in [0.5, 0.6) is 0 Å². The number of rotatable bonds is 5. The maximum atomic E-state index is 11.3. The van der Waals surface area contributed by atoms with Crippen LogP contribution in [-0.2, 0) is 10.5 Å². The van der Waals surface area contributed by atoms with Gasteiger partial charge >= 0.3 is 6.03 Å². The lowest BCUT2D eigenvalue weighted by molar-refractivity contribution is -0.119. The highest BCUT2D eigenvalue weighted by atomic mass is 79.9. The highest BCUT2D eigenvalue weighted by molar-refractivity contribution is 9.10. The van der Waals surface area contributed by atoms with Crippen molar-refractivity contribution in [2.45, 2.75) is 12.2 Å². The van der Waals surface area contributed by atoms with Crippen molar-refractivity contribution in [1.29, 1.82) is 0 Å². The Hall–Kier alpha value is -1.01. The number of hydrogen-bond acceptors (Lipinski definition) is 3. The maximum Gasteiger partial charge on any atom is 0.321 e. The summed E-state index contributed by atoms with van der Waals surface area (Å²) in [6, 6.07) is 7.60. The van der Waals surface area contributed by atoms with E-state index in [1.165, 1.54) is 12.6 Å². The van der Waals surface area contributed by atoms with E-state index < -0.39 is 6.03 Å². The molecule has 18 heavy (non-hydrogen) atoms. The number of amides is 3. The summed E-state index contributed by atoms with van der Waals surface area (Å²) in [7, 11) is 1.48. The number of benzene rings is 1. The van der Waals surface area contributed by atoms with Gasteiger partial charge in [-0.05, 0) is 17.7 Å². The molecule has 0 aliphatic carbocycles. The molecule has 0 fully saturated rings. The fourth-order valence-electron chi connectivity index (χ4n) is 1.23. The normalized spacial score (nSPS) is 9.89. The Labute approximate surface area is 119 Å². The van der Waals surface area contributed by atoms with E-state index in [9.17, 15) is 9.59 Å². The summed E-state index contributed by atoms with van der Waals surface area (Å²) >= 11 is 5.08. The molecule has 0 saturated carbocycles. The van der Waals surface area contributed by atoms with Crippen LogP contribution >= 0.6 is 27.7 Å². The lowest BCUT2D eigenvalue weighted by atomic mass is 10.2. The van der Waals surface area contributed by atoms with Crippen molar-refractivity contribution < 1.29 is 9.59 Å². The molecule has 0 aromatic heterocycles. The summed E-state index contributed by atoms with van der Waals surface area (Å²) in [5.41, 5.74) is 1.21. The van der Waals surface area contributed by atoms with E-state index in [0.29, 0.717) is 12.2 Å². The molecule has 0 spiro atoms. The van der Waals surface area contributed by atoms with Crippen molar-refractivity contribution in [3.63, 3.8) is 0 Å². The minimum atomic E-state index is -0.461. The van der Waals surface area contributed by atoms with Gasteiger partial charge in [-0.1, -0.05) is 28.1 Å². The molecule has 0 bridgehead atoms. The number of hydrogen-bond donors (Lipinski definition) is 2. The van der Waals surface area contributed by atoms with Gasteiger partial charge in [0.1, 0.15) is 0 Å². The molecular formula is C12H15BrN2O2S.